The van der Waals surface area contributed by atoms with Gasteiger partial charge in [0.15, 0.2) is 0 Å². The Morgan fingerprint density at radius 2 is 1.94 bits per heavy atom. The van der Waals surface area contributed by atoms with Crippen LogP contribution in [0.4, 0.5) is 5.69 Å². The Morgan fingerprint density at radius 1 is 1.22 bits per heavy atom. The maximum Gasteiger partial charge on any atom is 0.261 e. The molecule has 4 nitrogen and oxygen atoms in total. The SMILES string of the molecule is Cc1cccc(NC(=O)c2c(C)noc2C)c1C. The molecule has 2 rings (SSSR count). The summed E-state index contributed by atoms with van der Waals surface area (Å²) in [6.45, 7) is 7.49. The standard InChI is InChI=1S/C14H16N2O2/c1-8-6-5-7-12(9(8)2)15-14(17)13-10(3)16-18-11(13)4/h5-7H,1-4H3,(H,15,17). The van der Waals surface area contributed by atoms with Crippen molar-refractivity contribution < 1.29 is 9.32 Å². The Hall–Kier alpha value is -2.10. The molecular formula is C14H16N2O2. The van der Waals surface area contributed by atoms with Crippen LogP contribution in [0.25, 0.3) is 0 Å². The van der Waals surface area contributed by atoms with Gasteiger partial charge in [0.25, 0.3) is 5.91 Å². The summed E-state index contributed by atoms with van der Waals surface area (Å²) >= 11 is 0. The molecule has 0 radical (unpaired) electrons. The van der Waals surface area contributed by atoms with Crippen molar-refractivity contribution in [2.24, 2.45) is 0 Å². The van der Waals surface area contributed by atoms with Crippen molar-refractivity contribution in [3.05, 3.63) is 46.3 Å². The zero-order valence-electron chi connectivity index (χ0n) is 11.0. The summed E-state index contributed by atoms with van der Waals surface area (Å²) in [4.78, 5) is 12.2. The van der Waals surface area contributed by atoms with Crippen molar-refractivity contribution >= 4 is 11.6 Å². The second-order valence-corrected chi connectivity index (χ2v) is 4.40. The molecule has 0 aliphatic rings. The van der Waals surface area contributed by atoms with Crippen LogP contribution in [-0.4, -0.2) is 11.1 Å². The lowest BCUT2D eigenvalue weighted by atomic mass is 10.1. The normalized spacial score (nSPS) is 10.4. The zero-order chi connectivity index (χ0) is 13.3. The van der Waals surface area contributed by atoms with Crippen molar-refractivity contribution in [3.63, 3.8) is 0 Å². The molecule has 4 heteroatoms. The Bertz CT molecular complexity index is 580. The summed E-state index contributed by atoms with van der Waals surface area (Å²) < 4.78 is 5.00. The number of carbonyl (C=O) groups excluding carboxylic acids is 1. The number of carbonyl (C=O) groups is 1. The lowest BCUT2D eigenvalue weighted by Crippen LogP contribution is -2.14. The molecule has 0 fully saturated rings. The molecule has 1 heterocycles. The number of nitrogens with zero attached hydrogens (tertiary/aromatic N) is 1. The zero-order valence-corrected chi connectivity index (χ0v) is 11.0. The van der Waals surface area contributed by atoms with E-state index in [-0.39, 0.29) is 5.91 Å². The van der Waals surface area contributed by atoms with Gasteiger partial charge in [-0.2, -0.15) is 0 Å². The summed E-state index contributed by atoms with van der Waals surface area (Å²) in [6.07, 6.45) is 0. The molecule has 1 aromatic heterocycles. The first-order valence-electron chi connectivity index (χ1n) is 5.81. The smallest absolute Gasteiger partial charge is 0.261 e. The fourth-order valence-corrected chi connectivity index (χ4v) is 1.88. The minimum atomic E-state index is -0.181. The van der Waals surface area contributed by atoms with Crippen LogP contribution in [0.2, 0.25) is 0 Å². The van der Waals surface area contributed by atoms with E-state index in [2.05, 4.69) is 10.5 Å². The summed E-state index contributed by atoms with van der Waals surface area (Å²) in [6, 6.07) is 5.82. The number of hydrogen-bond donors (Lipinski definition) is 1. The van der Waals surface area contributed by atoms with Crippen molar-refractivity contribution in [2.75, 3.05) is 5.32 Å². The van der Waals surface area contributed by atoms with E-state index in [0.29, 0.717) is 17.0 Å². The average molecular weight is 244 g/mol. The number of hydrogen-bond acceptors (Lipinski definition) is 3. The molecule has 18 heavy (non-hydrogen) atoms. The van der Waals surface area contributed by atoms with Crippen molar-refractivity contribution in [1.82, 2.24) is 5.16 Å². The van der Waals surface area contributed by atoms with Crippen LogP contribution >= 0.6 is 0 Å². The third kappa shape index (κ3) is 2.14. The molecule has 0 aliphatic heterocycles. The van der Waals surface area contributed by atoms with Crippen LogP contribution < -0.4 is 5.32 Å². The Kier molecular flexibility index (Phi) is 3.19. The van der Waals surface area contributed by atoms with E-state index in [1.807, 2.05) is 32.0 Å². The number of aromatic nitrogens is 1. The van der Waals surface area contributed by atoms with E-state index >= 15 is 0 Å². The average Bonchev–Trinajstić information content (AvgIpc) is 2.65. The molecular weight excluding hydrogens is 228 g/mol. The van der Waals surface area contributed by atoms with E-state index in [0.717, 1.165) is 16.8 Å². The van der Waals surface area contributed by atoms with Crippen LogP contribution in [0.1, 0.15) is 32.9 Å². The number of benzene rings is 1. The molecule has 2 aromatic rings. The van der Waals surface area contributed by atoms with Crippen LogP contribution in [0.3, 0.4) is 0 Å². The molecule has 1 amide bonds. The highest BCUT2D eigenvalue weighted by Crippen LogP contribution is 2.20. The van der Waals surface area contributed by atoms with Gasteiger partial charge < -0.3 is 9.84 Å². The second kappa shape index (κ2) is 4.64. The monoisotopic (exact) mass is 244 g/mol. The summed E-state index contributed by atoms with van der Waals surface area (Å²) in [5.74, 6) is 0.357. The van der Waals surface area contributed by atoms with Gasteiger partial charge in [-0.1, -0.05) is 17.3 Å². The fraction of sp³-hybridized carbons (Fsp3) is 0.286. The van der Waals surface area contributed by atoms with Crippen LogP contribution in [0, 0.1) is 27.7 Å². The van der Waals surface area contributed by atoms with Gasteiger partial charge in [-0.05, 0) is 44.9 Å². The maximum absolute atomic E-state index is 12.2. The molecule has 0 aliphatic carbocycles. The molecule has 0 bridgehead atoms. The highest BCUT2D eigenvalue weighted by Gasteiger charge is 2.18. The van der Waals surface area contributed by atoms with Crippen LogP contribution in [-0.2, 0) is 0 Å². The summed E-state index contributed by atoms with van der Waals surface area (Å²) in [5.41, 5.74) is 4.15. The van der Waals surface area contributed by atoms with Gasteiger partial charge in [0, 0.05) is 5.69 Å². The Balaban J connectivity index is 2.30. The molecule has 94 valence electrons. The van der Waals surface area contributed by atoms with Gasteiger partial charge in [0.1, 0.15) is 11.3 Å². The number of anilines is 1. The van der Waals surface area contributed by atoms with Crippen molar-refractivity contribution in [2.45, 2.75) is 27.7 Å². The topological polar surface area (TPSA) is 55.1 Å². The van der Waals surface area contributed by atoms with Crippen molar-refractivity contribution in [3.8, 4) is 0 Å². The Morgan fingerprint density at radius 3 is 2.56 bits per heavy atom. The van der Waals surface area contributed by atoms with E-state index < -0.39 is 0 Å². The summed E-state index contributed by atoms with van der Waals surface area (Å²) in [5, 5.41) is 6.68. The van der Waals surface area contributed by atoms with E-state index in [1.165, 1.54) is 0 Å². The molecule has 0 unspecified atom stereocenters. The molecule has 0 saturated heterocycles. The van der Waals surface area contributed by atoms with E-state index in [1.54, 1.807) is 13.8 Å². The number of rotatable bonds is 2. The third-order valence-corrected chi connectivity index (χ3v) is 3.11. The predicted octanol–water partition coefficient (Wildman–Crippen LogP) is 3.16. The molecule has 0 spiro atoms. The van der Waals surface area contributed by atoms with Gasteiger partial charge in [0.2, 0.25) is 0 Å². The Labute approximate surface area is 106 Å². The first-order chi connectivity index (χ1) is 8.50. The number of aryl methyl sites for hydroxylation is 3. The highest BCUT2D eigenvalue weighted by molar-refractivity contribution is 6.06. The van der Waals surface area contributed by atoms with Gasteiger partial charge in [-0.25, -0.2) is 0 Å². The summed E-state index contributed by atoms with van der Waals surface area (Å²) in [7, 11) is 0. The molecule has 1 N–H and O–H groups in total. The first kappa shape index (κ1) is 12.4. The minimum absolute atomic E-state index is 0.181. The molecule has 1 aromatic carbocycles. The van der Waals surface area contributed by atoms with Gasteiger partial charge >= 0.3 is 0 Å². The largest absolute Gasteiger partial charge is 0.361 e. The van der Waals surface area contributed by atoms with Crippen LogP contribution in [0.15, 0.2) is 22.7 Å². The third-order valence-electron chi connectivity index (χ3n) is 3.11. The van der Waals surface area contributed by atoms with Gasteiger partial charge in [0.05, 0.1) is 5.69 Å². The van der Waals surface area contributed by atoms with Gasteiger partial charge in [-0.3, -0.25) is 4.79 Å². The van der Waals surface area contributed by atoms with E-state index in [9.17, 15) is 4.79 Å². The maximum atomic E-state index is 12.2. The predicted molar refractivity (Wildman–Crippen MR) is 69.8 cm³/mol. The number of nitrogens with one attached hydrogen (secondary N) is 1. The lowest BCUT2D eigenvalue weighted by molar-refractivity contribution is 0.102. The molecule has 0 atom stereocenters. The van der Waals surface area contributed by atoms with E-state index in [4.69, 9.17) is 4.52 Å². The van der Waals surface area contributed by atoms with Crippen LogP contribution in [0.5, 0.6) is 0 Å². The molecule has 0 saturated carbocycles. The quantitative estimate of drug-likeness (QED) is 0.882. The van der Waals surface area contributed by atoms with Crippen molar-refractivity contribution in [1.29, 1.82) is 0 Å². The highest BCUT2D eigenvalue weighted by atomic mass is 16.5. The number of amides is 1. The minimum Gasteiger partial charge on any atom is -0.361 e. The second-order valence-electron chi connectivity index (χ2n) is 4.40. The first-order valence-corrected chi connectivity index (χ1v) is 5.81. The lowest BCUT2D eigenvalue weighted by Gasteiger charge is -2.09. The fourth-order valence-electron chi connectivity index (χ4n) is 1.88. The van der Waals surface area contributed by atoms with Gasteiger partial charge in [-0.15, -0.1) is 0 Å².